The Morgan fingerprint density at radius 1 is 1.16 bits per heavy atom. The number of hydrogen-bond acceptors (Lipinski definition) is 5. The monoisotopic (exact) mass is 342 g/mol. The van der Waals surface area contributed by atoms with Gasteiger partial charge in [-0.15, -0.1) is 0 Å². The zero-order valence-corrected chi connectivity index (χ0v) is 13.5. The molecule has 0 unspecified atom stereocenters. The van der Waals surface area contributed by atoms with Gasteiger partial charge in [-0.1, -0.05) is 12.1 Å². The molecular weight excluding hydrogens is 324 g/mol. The van der Waals surface area contributed by atoms with Crippen molar-refractivity contribution in [1.29, 1.82) is 0 Å². The first kappa shape index (κ1) is 16.8. The molecule has 0 spiro atoms. The average Bonchev–Trinajstić information content (AvgIpc) is 3.33. The topological polar surface area (TPSA) is 97.6 Å². The number of rotatable bonds is 7. The molecule has 1 aliphatic carbocycles. The summed E-state index contributed by atoms with van der Waals surface area (Å²) in [5, 5.41) is 5.51. The van der Waals surface area contributed by atoms with E-state index in [1.807, 2.05) is 6.07 Å². The molecule has 1 heterocycles. The molecule has 0 atom stereocenters. The van der Waals surface area contributed by atoms with Gasteiger partial charge in [-0.3, -0.25) is 9.59 Å². The van der Waals surface area contributed by atoms with Crippen LogP contribution in [0.1, 0.15) is 29.0 Å². The van der Waals surface area contributed by atoms with E-state index in [-0.39, 0.29) is 24.1 Å². The van der Waals surface area contributed by atoms with Crippen LogP contribution in [0.5, 0.6) is 0 Å². The first-order chi connectivity index (χ1) is 12.1. The minimum absolute atomic E-state index is 0.0334. The van der Waals surface area contributed by atoms with E-state index < -0.39 is 18.5 Å². The van der Waals surface area contributed by atoms with Crippen molar-refractivity contribution in [1.82, 2.24) is 5.32 Å². The zero-order valence-electron chi connectivity index (χ0n) is 13.5. The van der Waals surface area contributed by atoms with Crippen LogP contribution in [0.2, 0.25) is 0 Å². The summed E-state index contributed by atoms with van der Waals surface area (Å²) in [6.45, 7) is -0.123. The van der Waals surface area contributed by atoms with E-state index >= 15 is 0 Å². The first-order valence-electron chi connectivity index (χ1n) is 7.99. The lowest BCUT2D eigenvalue weighted by atomic mass is 10.2. The highest BCUT2D eigenvalue weighted by Gasteiger charge is 2.29. The molecule has 2 N–H and O–H groups in total. The van der Waals surface area contributed by atoms with Crippen LogP contribution < -0.4 is 10.6 Å². The Bertz CT molecular complexity index is 766. The third-order valence-electron chi connectivity index (χ3n) is 3.69. The number of furan rings is 1. The van der Waals surface area contributed by atoms with Gasteiger partial charge >= 0.3 is 5.97 Å². The molecule has 0 radical (unpaired) electrons. The van der Waals surface area contributed by atoms with Crippen LogP contribution in [-0.2, 0) is 20.9 Å². The van der Waals surface area contributed by atoms with Crippen molar-refractivity contribution in [2.75, 3.05) is 11.9 Å². The first-order valence-corrected chi connectivity index (χ1v) is 7.99. The fraction of sp³-hybridized carbons (Fsp3) is 0.278. The molecule has 1 aliphatic rings. The summed E-state index contributed by atoms with van der Waals surface area (Å²) in [6.07, 6.45) is 3.24. The lowest BCUT2D eigenvalue weighted by molar-refractivity contribution is -0.124. The summed E-state index contributed by atoms with van der Waals surface area (Å²) in [5.74, 6) is -0.901. The highest BCUT2D eigenvalue weighted by atomic mass is 16.5. The number of esters is 1. The third-order valence-corrected chi connectivity index (χ3v) is 3.69. The van der Waals surface area contributed by atoms with Gasteiger partial charge in [0.2, 0.25) is 11.7 Å². The van der Waals surface area contributed by atoms with Gasteiger partial charge in [0.15, 0.2) is 6.61 Å². The summed E-state index contributed by atoms with van der Waals surface area (Å²) < 4.78 is 9.73. The molecule has 7 heteroatoms. The van der Waals surface area contributed by atoms with Crippen LogP contribution in [0.4, 0.5) is 5.69 Å². The molecule has 2 aromatic rings. The molecule has 1 aromatic heterocycles. The summed E-state index contributed by atoms with van der Waals surface area (Å²) in [7, 11) is 0. The Kier molecular flexibility index (Phi) is 5.13. The molecular formula is C18H18N2O5. The van der Waals surface area contributed by atoms with Gasteiger partial charge < -0.3 is 19.8 Å². The third kappa shape index (κ3) is 4.94. The van der Waals surface area contributed by atoms with E-state index in [1.165, 1.54) is 12.3 Å². The molecule has 0 saturated heterocycles. The van der Waals surface area contributed by atoms with Crippen molar-refractivity contribution < 1.29 is 23.5 Å². The lowest BCUT2D eigenvalue weighted by Crippen LogP contribution is -2.28. The minimum atomic E-state index is -0.690. The van der Waals surface area contributed by atoms with Crippen LogP contribution in [0.15, 0.2) is 47.1 Å². The van der Waals surface area contributed by atoms with Gasteiger partial charge in [-0.25, -0.2) is 4.79 Å². The maximum atomic E-state index is 11.8. The molecule has 25 heavy (non-hydrogen) atoms. The van der Waals surface area contributed by atoms with E-state index in [4.69, 9.17) is 9.15 Å². The molecule has 0 bridgehead atoms. The molecule has 3 rings (SSSR count). The van der Waals surface area contributed by atoms with Crippen LogP contribution in [-0.4, -0.2) is 24.4 Å². The Hall–Kier alpha value is -3.09. The largest absolute Gasteiger partial charge is 0.457 e. The summed E-state index contributed by atoms with van der Waals surface area (Å²) >= 11 is 0. The van der Waals surface area contributed by atoms with Crippen molar-refractivity contribution in [3.05, 3.63) is 54.0 Å². The fourth-order valence-corrected chi connectivity index (χ4v) is 2.20. The summed E-state index contributed by atoms with van der Waals surface area (Å²) in [4.78, 5) is 35.1. The molecule has 130 valence electrons. The van der Waals surface area contributed by atoms with Crippen molar-refractivity contribution in [3.8, 4) is 0 Å². The van der Waals surface area contributed by atoms with E-state index in [1.54, 1.807) is 24.3 Å². The second-order valence-corrected chi connectivity index (χ2v) is 5.79. The standard InChI is InChI=1S/C18H18N2O5/c21-16(11-25-18(23)15-5-2-8-24-15)19-10-12-3-1-4-14(9-12)20-17(22)13-6-7-13/h1-5,8-9,13H,6-7,10-11H2,(H,19,21)(H,20,22). The number of ether oxygens (including phenoxy) is 1. The number of amides is 2. The molecule has 1 fully saturated rings. The smallest absolute Gasteiger partial charge is 0.374 e. The van der Waals surface area contributed by atoms with Crippen molar-refractivity contribution in [2.24, 2.45) is 5.92 Å². The van der Waals surface area contributed by atoms with Gasteiger partial charge in [0.05, 0.1) is 6.26 Å². The number of carbonyl (C=O) groups is 3. The van der Waals surface area contributed by atoms with Gasteiger partial charge in [-0.05, 0) is 42.7 Å². The average molecular weight is 342 g/mol. The Labute approximate surface area is 144 Å². The summed E-state index contributed by atoms with van der Waals surface area (Å²) in [5.41, 5.74) is 1.53. The normalized spacial score (nSPS) is 13.1. The van der Waals surface area contributed by atoms with Crippen LogP contribution in [0, 0.1) is 5.92 Å². The van der Waals surface area contributed by atoms with E-state index in [0.29, 0.717) is 5.69 Å². The van der Waals surface area contributed by atoms with Gasteiger partial charge in [0.25, 0.3) is 5.91 Å². The second kappa shape index (κ2) is 7.65. The number of anilines is 1. The van der Waals surface area contributed by atoms with Gasteiger partial charge in [0.1, 0.15) is 0 Å². The highest BCUT2D eigenvalue weighted by Crippen LogP contribution is 2.30. The van der Waals surface area contributed by atoms with Gasteiger partial charge in [-0.2, -0.15) is 0 Å². The maximum absolute atomic E-state index is 11.8. The Balaban J connectivity index is 1.43. The maximum Gasteiger partial charge on any atom is 0.374 e. The number of nitrogens with one attached hydrogen (secondary N) is 2. The molecule has 0 aliphatic heterocycles. The minimum Gasteiger partial charge on any atom is -0.457 e. The van der Waals surface area contributed by atoms with Crippen LogP contribution >= 0.6 is 0 Å². The number of carbonyl (C=O) groups excluding carboxylic acids is 3. The summed E-state index contributed by atoms with van der Waals surface area (Å²) in [6, 6.07) is 10.3. The highest BCUT2D eigenvalue weighted by molar-refractivity contribution is 5.94. The van der Waals surface area contributed by atoms with Crippen molar-refractivity contribution >= 4 is 23.5 Å². The Morgan fingerprint density at radius 3 is 2.72 bits per heavy atom. The SMILES string of the molecule is O=C(COC(=O)c1ccco1)NCc1cccc(NC(=O)C2CC2)c1. The lowest BCUT2D eigenvalue weighted by Gasteiger charge is -2.08. The zero-order chi connectivity index (χ0) is 17.6. The van der Waals surface area contributed by atoms with E-state index in [9.17, 15) is 14.4 Å². The predicted octanol–water partition coefficient (Wildman–Crippen LogP) is 2.10. The molecule has 7 nitrogen and oxygen atoms in total. The van der Waals surface area contributed by atoms with Crippen molar-refractivity contribution in [3.63, 3.8) is 0 Å². The van der Waals surface area contributed by atoms with Crippen LogP contribution in [0.25, 0.3) is 0 Å². The number of benzene rings is 1. The molecule has 1 aromatic carbocycles. The molecule has 2 amide bonds. The van der Waals surface area contributed by atoms with Crippen LogP contribution in [0.3, 0.4) is 0 Å². The van der Waals surface area contributed by atoms with Gasteiger partial charge in [0, 0.05) is 18.2 Å². The Morgan fingerprint density at radius 2 is 2.00 bits per heavy atom. The fourth-order valence-electron chi connectivity index (χ4n) is 2.20. The predicted molar refractivity (Wildman–Crippen MR) is 88.6 cm³/mol. The quantitative estimate of drug-likeness (QED) is 0.751. The number of hydrogen-bond donors (Lipinski definition) is 2. The van der Waals surface area contributed by atoms with E-state index in [2.05, 4.69) is 10.6 Å². The van der Waals surface area contributed by atoms with Crippen molar-refractivity contribution in [2.45, 2.75) is 19.4 Å². The second-order valence-electron chi connectivity index (χ2n) is 5.79. The molecule has 1 saturated carbocycles. The van der Waals surface area contributed by atoms with E-state index in [0.717, 1.165) is 18.4 Å².